The molecule has 0 unspecified atom stereocenters. The first-order valence-corrected chi connectivity index (χ1v) is 13.0. The number of alkyl carbamates (subject to hydrolysis) is 1. The lowest BCUT2D eigenvalue weighted by Crippen LogP contribution is -2.57. The van der Waals surface area contributed by atoms with Crippen LogP contribution in [0, 0.1) is 0 Å². The molecular weight excluding hydrogens is 593 g/mol. The van der Waals surface area contributed by atoms with Crippen molar-refractivity contribution in [3.05, 3.63) is 71.8 Å². The molecule has 0 bridgehead atoms. The highest BCUT2D eigenvalue weighted by Gasteiger charge is 2.26. The number of carbonyl (C=O) groups excluding carboxylic acids is 5. The Labute approximate surface area is 228 Å². The number of amides is 5. The largest absolute Gasteiger partial charge is 0.445 e. The predicted molar refractivity (Wildman–Crippen MR) is 144 cm³/mol. The Bertz CT molecular complexity index is 1070. The van der Waals surface area contributed by atoms with Crippen LogP contribution in [-0.2, 0) is 36.9 Å². The average molecular weight is 623 g/mol. The van der Waals surface area contributed by atoms with E-state index in [4.69, 9.17) is 4.74 Å². The van der Waals surface area contributed by atoms with Gasteiger partial charge in [0.05, 0.1) is 4.43 Å². The van der Waals surface area contributed by atoms with Crippen LogP contribution in [0.1, 0.15) is 25.0 Å². The van der Waals surface area contributed by atoms with Crippen molar-refractivity contribution < 1.29 is 28.7 Å². The Morgan fingerprint density at radius 3 is 1.86 bits per heavy atom. The molecule has 2 aromatic rings. The highest BCUT2D eigenvalue weighted by Crippen LogP contribution is 2.04. The van der Waals surface area contributed by atoms with Crippen LogP contribution in [0.5, 0.6) is 0 Å². The molecule has 0 saturated heterocycles. The third kappa shape index (κ3) is 10.9. The summed E-state index contributed by atoms with van der Waals surface area (Å²) in [6.45, 7) is 2.94. The fraction of sp³-hybridized carbons (Fsp3) is 0.320. The summed E-state index contributed by atoms with van der Waals surface area (Å²) in [5.74, 6) is -2.26. The molecule has 2 rings (SSSR count). The number of rotatable bonds is 11. The third-order valence-corrected chi connectivity index (χ3v) is 5.75. The Hall–Kier alpha value is -3.68. The maximum absolute atomic E-state index is 12.8. The first kappa shape index (κ1) is 29.5. The van der Waals surface area contributed by atoms with E-state index in [2.05, 4.69) is 26.8 Å². The van der Waals surface area contributed by atoms with Gasteiger partial charge in [-0.25, -0.2) is 4.79 Å². The normalized spacial score (nSPS) is 12.7. The molecular formula is C25H30IN5O6. The van der Waals surface area contributed by atoms with Gasteiger partial charge in [-0.1, -0.05) is 83.3 Å². The van der Waals surface area contributed by atoms with Crippen molar-refractivity contribution in [3.8, 4) is 0 Å². The van der Waals surface area contributed by atoms with Gasteiger partial charge in [0.25, 0.3) is 5.91 Å². The van der Waals surface area contributed by atoms with Crippen molar-refractivity contribution in [1.82, 2.24) is 26.8 Å². The Morgan fingerprint density at radius 1 is 0.730 bits per heavy atom. The van der Waals surface area contributed by atoms with Crippen LogP contribution in [0.25, 0.3) is 0 Å². The SMILES string of the molecule is C[C@H](NC(=O)OCc1ccccc1)C(=O)N[C@@H](C)C(=O)N[C@@H](Cc1ccccc1)C(=O)NNC(=O)CI. The minimum absolute atomic E-state index is 0.0446. The number of benzene rings is 2. The number of hydrogen-bond acceptors (Lipinski definition) is 6. The molecule has 0 radical (unpaired) electrons. The quantitative estimate of drug-likeness (QED) is 0.144. The number of hydrazine groups is 1. The fourth-order valence-corrected chi connectivity index (χ4v) is 3.21. The van der Waals surface area contributed by atoms with Gasteiger partial charge in [0.15, 0.2) is 0 Å². The lowest BCUT2D eigenvalue weighted by atomic mass is 10.0. The first-order valence-electron chi connectivity index (χ1n) is 11.5. The monoisotopic (exact) mass is 623 g/mol. The summed E-state index contributed by atoms with van der Waals surface area (Å²) >= 11 is 1.85. The van der Waals surface area contributed by atoms with Gasteiger partial charge in [0.2, 0.25) is 17.7 Å². The molecule has 3 atom stereocenters. The van der Waals surface area contributed by atoms with Gasteiger partial charge < -0.3 is 20.7 Å². The first-order chi connectivity index (χ1) is 17.7. The summed E-state index contributed by atoms with van der Waals surface area (Å²) in [5.41, 5.74) is 6.14. The lowest BCUT2D eigenvalue weighted by Gasteiger charge is -2.22. The smallest absolute Gasteiger partial charge is 0.408 e. The van der Waals surface area contributed by atoms with Crippen molar-refractivity contribution in [1.29, 1.82) is 0 Å². The van der Waals surface area contributed by atoms with Crippen LogP contribution in [-0.4, -0.2) is 52.3 Å². The molecule has 37 heavy (non-hydrogen) atoms. The predicted octanol–water partition coefficient (Wildman–Crippen LogP) is 1.12. The molecule has 0 saturated carbocycles. The molecule has 0 aromatic heterocycles. The van der Waals surface area contributed by atoms with Crippen molar-refractivity contribution in [2.45, 2.75) is 45.0 Å². The summed E-state index contributed by atoms with van der Waals surface area (Å²) < 4.78 is 5.24. The van der Waals surface area contributed by atoms with Crippen molar-refractivity contribution in [2.24, 2.45) is 0 Å². The van der Waals surface area contributed by atoms with E-state index in [0.717, 1.165) is 11.1 Å². The summed E-state index contributed by atoms with van der Waals surface area (Å²) in [5, 5.41) is 7.51. The lowest BCUT2D eigenvalue weighted by molar-refractivity contribution is -0.133. The van der Waals surface area contributed by atoms with E-state index in [-0.39, 0.29) is 17.5 Å². The van der Waals surface area contributed by atoms with E-state index in [1.54, 1.807) is 36.4 Å². The standard InChI is InChI=1S/C25H30IN5O6/c1-16(27-22(33)17(2)28-25(36)37-15-19-11-7-4-8-12-19)23(34)29-20(13-18-9-5-3-6-10-18)24(35)31-30-21(32)14-26/h3-12,16-17,20H,13-15H2,1-2H3,(H,27,33)(H,28,36)(H,29,34)(H,30,32)(H,31,35)/t16-,17-,20-/m0/s1. The van der Waals surface area contributed by atoms with Crippen molar-refractivity contribution in [3.63, 3.8) is 0 Å². The second-order valence-corrected chi connectivity index (χ2v) is 8.84. The summed E-state index contributed by atoms with van der Waals surface area (Å²) in [6.07, 6.45) is -0.624. The highest BCUT2D eigenvalue weighted by atomic mass is 127. The minimum atomic E-state index is -1.02. The fourth-order valence-electron chi connectivity index (χ4n) is 3.02. The van der Waals surface area contributed by atoms with Gasteiger partial charge in [0.1, 0.15) is 24.7 Å². The second-order valence-electron chi connectivity index (χ2n) is 8.08. The average Bonchev–Trinajstić information content (AvgIpc) is 2.90. The van der Waals surface area contributed by atoms with E-state index in [0.29, 0.717) is 0 Å². The molecule has 0 aliphatic heterocycles. The topological polar surface area (TPSA) is 155 Å². The zero-order chi connectivity index (χ0) is 27.2. The van der Waals surface area contributed by atoms with Gasteiger partial charge in [-0.3, -0.25) is 30.0 Å². The third-order valence-electron chi connectivity index (χ3n) is 5.05. The van der Waals surface area contributed by atoms with Gasteiger partial charge in [-0.2, -0.15) is 0 Å². The molecule has 0 fully saturated rings. The van der Waals surface area contributed by atoms with Crippen LogP contribution in [0.3, 0.4) is 0 Å². The van der Waals surface area contributed by atoms with E-state index >= 15 is 0 Å². The number of carbonyl (C=O) groups is 5. The van der Waals surface area contributed by atoms with Gasteiger partial charge in [-0.05, 0) is 25.0 Å². The van der Waals surface area contributed by atoms with Crippen LogP contribution in [0.4, 0.5) is 4.79 Å². The van der Waals surface area contributed by atoms with Crippen LogP contribution in [0.2, 0.25) is 0 Å². The van der Waals surface area contributed by atoms with Gasteiger partial charge in [-0.15, -0.1) is 0 Å². The zero-order valence-electron chi connectivity index (χ0n) is 20.5. The molecule has 0 heterocycles. The molecule has 12 heteroatoms. The molecule has 198 valence electrons. The number of nitrogens with one attached hydrogen (secondary N) is 5. The minimum Gasteiger partial charge on any atom is -0.445 e. The number of halogens is 1. The molecule has 5 amide bonds. The Balaban J connectivity index is 1.90. The summed E-state index contributed by atoms with van der Waals surface area (Å²) in [6, 6.07) is 15.1. The van der Waals surface area contributed by atoms with E-state index in [1.165, 1.54) is 13.8 Å². The maximum atomic E-state index is 12.8. The number of alkyl halides is 1. The second kappa shape index (κ2) is 15.4. The molecule has 2 aromatic carbocycles. The Kier molecular flexibility index (Phi) is 12.3. The van der Waals surface area contributed by atoms with Crippen LogP contribution in [0.15, 0.2) is 60.7 Å². The van der Waals surface area contributed by atoms with Crippen molar-refractivity contribution >= 4 is 52.3 Å². The molecule has 11 nitrogen and oxygen atoms in total. The van der Waals surface area contributed by atoms with Gasteiger partial charge >= 0.3 is 6.09 Å². The number of hydrogen-bond donors (Lipinski definition) is 5. The summed E-state index contributed by atoms with van der Waals surface area (Å²) in [4.78, 5) is 61.4. The molecule has 0 spiro atoms. The zero-order valence-corrected chi connectivity index (χ0v) is 22.6. The van der Waals surface area contributed by atoms with Crippen LogP contribution < -0.4 is 26.8 Å². The summed E-state index contributed by atoms with van der Waals surface area (Å²) in [7, 11) is 0. The van der Waals surface area contributed by atoms with Crippen LogP contribution >= 0.6 is 22.6 Å². The highest BCUT2D eigenvalue weighted by molar-refractivity contribution is 14.1. The van der Waals surface area contributed by atoms with Crippen molar-refractivity contribution in [2.75, 3.05) is 4.43 Å². The molecule has 0 aliphatic rings. The number of ether oxygens (including phenoxy) is 1. The van der Waals surface area contributed by atoms with E-state index in [1.807, 2.05) is 46.9 Å². The maximum Gasteiger partial charge on any atom is 0.408 e. The Morgan fingerprint density at radius 2 is 1.27 bits per heavy atom. The van der Waals surface area contributed by atoms with E-state index in [9.17, 15) is 24.0 Å². The molecule has 5 N–H and O–H groups in total. The van der Waals surface area contributed by atoms with E-state index < -0.39 is 47.8 Å². The van der Waals surface area contributed by atoms with Gasteiger partial charge in [0, 0.05) is 6.42 Å². The molecule has 0 aliphatic carbocycles.